The number of aliphatic hydroxyl groups is 1. The van der Waals surface area contributed by atoms with Gasteiger partial charge in [0, 0.05) is 26.2 Å². The van der Waals surface area contributed by atoms with Gasteiger partial charge in [-0.15, -0.1) is 13.2 Å². The van der Waals surface area contributed by atoms with Crippen LogP contribution in [0.3, 0.4) is 0 Å². The predicted molar refractivity (Wildman–Crippen MR) is 96.9 cm³/mol. The van der Waals surface area contributed by atoms with Crippen LogP contribution in [0.2, 0.25) is 0 Å². The van der Waals surface area contributed by atoms with Crippen LogP contribution >= 0.6 is 0 Å². The number of carbonyl (C=O) groups excluding carboxylic acids is 1. The molecule has 1 aromatic carbocycles. The number of hydrogen-bond donors (Lipinski definition) is 3. The minimum Gasteiger partial charge on any atom is -0.406 e. The summed E-state index contributed by atoms with van der Waals surface area (Å²) in [6.45, 7) is 1.59. The summed E-state index contributed by atoms with van der Waals surface area (Å²) in [5.74, 6) is 0.0671. The van der Waals surface area contributed by atoms with Gasteiger partial charge in [0.15, 0.2) is 0 Å². The molecule has 2 heterocycles. The standard InChI is InChI=1S/C18H20F3N5O3/c19-18(20,21)29-14-3-1-12(2-4-14)7-25-17(28)15-10-26(6-5-22-15)16-9-23-13(11-27)8-24-16/h1-4,8-9,15,22,27H,5-7,10-11H2,(H,25,28)/t15-/m1/s1. The van der Waals surface area contributed by atoms with E-state index < -0.39 is 12.4 Å². The molecule has 1 amide bonds. The van der Waals surface area contributed by atoms with Crippen molar-refractivity contribution >= 4 is 11.7 Å². The second kappa shape index (κ2) is 9.05. The minimum absolute atomic E-state index is 0.175. The molecule has 8 nitrogen and oxygen atoms in total. The van der Waals surface area contributed by atoms with Crippen molar-refractivity contribution in [1.29, 1.82) is 0 Å². The van der Waals surface area contributed by atoms with Gasteiger partial charge in [-0.3, -0.25) is 9.78 Å². The molecule has 3 N–H and O–H groups in total. The maximum atomic E-state index is 12.5. The lowest BCUT2D eigenvalue weighted by molar-refractivity contribution is -0.274. The normalized spacial score (nSPS) is 17.1. The van der Waals surface area contributed by atoms with Crippen LogP contribution in [-0.2, 0) is 17.9 Å². The van der Waals surface area contributed by atoms with E-state index in [9.17, 15) is 18.0 Å². The van der Waals surface area contributed by atoms with E-state index in [1.165, 1.54) is 30.5 Å². The molecule has 3 rings (SSSR count). The van der Waals surface area contributed by atoms with Gasteiger partial charge < -0.3 is 25.4 Å². The Morgan fingerprint density at radius 2 is 2.03 bits per heavy atom. The fraction of sp³-hybridized carbons (Fsp3) is 0.389. The molecule has 1 aliphatic heterocycles. The first-order valence-corrected chi connectivity index (χ1v) is 8.86. The van der Waals surface area contributed by atoms with Crippen molar-refractivity contribution in [2.45, 2.75) is 25.6 Å². The van der Waals surface area contributed by atoms with Gasteiger partial charge in [-0.2, -0.15) is 0 Å². The zero-order valence-electron chi connectivity index (χ0n) is 15.3. The van der Waals surface area contributed by atoms with E-state index in [4.69, 9.17) is 5.11 Å². The van der Waals surface area contributed by atoms with Crippen LogP contribution in [0.25, 0.3) is 0 Å². The third-order valence-corrected chi connectivity index (χ3v) is 4.29. The lowest BCUT2D eigenvalue weighted by Gasteiger charge is -2.33. The van der Waals surface area contributed by atoms with Gasteiger partial charge in [-0.1, -0.05) is 12.1 Å². The smallest absolute Gasteiger partial charge is 0.406 e. The highest BCUT2D eigenvalue weighted by atomic mass is 19.4. The largest absolute Gasteiger partial charge is 0.573 e. The molecule has 156 valence electrons. The van der Waals surface area contributed by atoms with Gasteiger partial charge in [-0.05, 0) is 17.7 Å². The van der Waals surface area contributed by atoms with Gasteiger partial charge in [0.25, 0.3) is 0 Å². The SMILES string of the molecule is O=C(NCc1ccc(OC(F)(F)F)cc1)[C@H]1CN(c2cnc(CO)cn2)CCN1. The Balaban J connectivity index is 1.52. The fourth-order valence-corrected chi connectivity index (χ4v) is 2.85. The summed E-state index contributed by atoms with van der Waals surface area (Å²) in [6, 6.07) is 4.84. The summed E-state index contributed by atoms with van der Waals surface area (Å²) < 4.78 is 40.4. The molecule has 29 heavy (non-hydrogen) atoms. The van der Waals surface area contributed by atoms with Crippen molar-refractivity contribution in [3.05, 3.63) is 47.9 Å². The van der Waals surface area contributed by atoms with E-state index in [0.29, 0.717) is 36.7 Å². The number of rotatable bonds is 6. The summed E-state index contributed by atoms with van der Waals surface area (Å²) >= 11 is 0. The molecular weight excluding hydrogens is 391 g/mol. The van der Waals surface area contributed by atoms with Gasteiger partial charge >= 0.3 is 6.36 Å². The number of piperazine rings is 1. The van der Waals surface area contributed by atoms with Crippen LogP contribution in [0.4, 0.5) is 19.0 Å². The van der Waals surface area contributed by atoms with E-state index >= 15 is 0 Å². The molecular formula is C18H20F3N5O3. The average molecular weight is 411 g/mol. The minimum atomic E-state index is -4.74. The number of ether oxygens (including phenoxy) is 1. The van der Waals surface area contributed by atoms with Crippen LogP contribution in [0.5, 0.6) is 5.75 Å². The van der Waals surface area contributed by atoms with Crippen LogP contribution in [0.15, 0.2) is 36.7 Å². The Bertz CT molecular complexity index is 815. The molecule has 1 aromatic heterocycles. The maximum absolute atomic E-state index is 12.5. The monoisotopic (exact) mass is 411 g/mol. The number of aromatic nitrogens is 2. The van der Waals surface area contributed by atoms with Gasteiger partial charge in [-0.25, -0.2) is 4.98 Å². The molecule has 1 saturated heterocycles. The number of carbonyl (C=O) groups is 1. The van der Waals surface area contributed by atoms with Crippen molar-refractivity contribution in [1.82, 2.24) is 20.6 Å². The summed E-state index contributed by atoms with van der Waals surface area (Å²) in [4.78, 5) is 22.7. The van der Waals surface area contributed by atoms with E-state index in [1.54, 1.807) is 6.20 Å². The highest BCUT2D eigenvalue weighted by Crippen LogP contribution is 2.22. The summed E-state index contributed by atoms with van der Waals surface area (Å²) in [5.41, 5.74) is 1.11. The number of amides is 1. The Hall–Kier alpha value is -2.92. The zero-order valence-corrected chi connectivity index (χ0v) is 15.3. The number of nitrogens with zero attached hydrogens (tertiary/aromatic N) is 3. The molecule has 0 spiro atoms. The van der Waals surface area contributed by atoms with Crippen molar-refractivity contribution in [2.75, 3.05) is 24.5 Å². The average Bonchev–Trinajstić information content (AvgIpc) is 2.72. The first-order valence-electron chi connectivity index (χ1n) is 8.86. The fourth-order valence-electron chi connectivity index (χ4n) is 2.85. The summed E-state index contributed by atoms with van der Waals surface area (Å²) in [7, 11) is 0. The lowest BCUT2D eigenvalue weighted by atomic mass is 10.1. The van der Waals surface area contributed by atoms with Gasteiger partial charge in [0.2, 0.25) is 5.91 Å². The second-order valence-corrected chi connectivity index (χ2v) is 6.39. The van der Waals surface area contributed by atoms with Crippen molar-refractivity contribution in [2.24, 2.45) is 0 Å². The number of aliphatic hydroxyl groups excluding tert-OH is 1. The first kappa shape index (κ1) is 20.8. The highest BCUT2D eigenvalue weighted by molar-refractivity contribution is 5.82. The number of anilines is 1. The topological polar surface area (TPSA) is 99.6 Å². The van der Waals surface area contributed by atoms with E-state index in [2.05, 4.69) is 25.3 Å². The molecule has 1 fully saturated rings. The molecule has 0 saturated carbocycles. The van der Waals surface area contributed by atoms with E-state index in [1.807, 2.05) is 4.90 Å². The van der Waals surface area contributed by atoms with Gasteiger partial charge in [0.1, 0.15) is 17.6 Å². The summed E-state index contributed by atoms with van der Waals surface area (Å²) in [5, 5.41) is 14.9. The maximum Gasteiger partial charge on any atom is 0.573 e. The molecule has 0 aliphatic carbocycles. The Labute approximate surface area is 164 Å². The molecule has 1 aliphatic rings. The van der Waals surface area contributed by atoms with Crippen molar-refractivity contribution < 1.29 is 27.8 Å². The van der Waals surface area contributed by atoms with Crippen LogP contribution in [0, 0.1) is 0 Å². The molecule has 0 radical (unpaired) electrons. The molecule has 0 bridgehead atoms. The molecule has 11 heteroatoms. The van der Waals surface area contributed by atoms with Crippen LogP contribution in [0.1, 0.15) is 11.3 Å². The molecule has 0 unspecified atom stereocenters. The van der Waals surface area contributed by atoms with Crippen molar-refractivity contribution in [3.8, 4) is 5.75 Å². The molecule has 1 atom stereocenters. The predicted octanol–water partition coefficient (Wildman–Crippen LogP) is 0.962. The van der Waals surface area contributed by atoms with E-state index in [0.717, 1.165) is 0 Å². The number of halogens is 3. The molecule has 2 aromatic rings. The van der Waals surface area contributed by atoms with Crippen molar-refractivity contribution in [3.63, 3.8) is 0 Å². The Morgan fingerprint density at radius 3 is 2.66 bits per heavy atom. The summed E-state index contributed by atoms with van der Waals surface area (Å²) in [6.07, 6.45) is -1.70. The number of benzene rings is 1. The number of hydrogen-bond acceptors (Lipinski definition) is 7. The Morgan fingerprint density at radius 1 is 1.28 bits per heavy atom. The van der Waals surface area contributed by atoms with Crippen LogP contribution < -0.4 is 20.3 Å². The zero-order chi connectivity index (χ0) is 20.9. The van der Waals surface area contributed by atoms with Crippen LogP contribution in [-0.4, -0.2) is 53.0 Å². The number of alkyl halides is 3. The quantitative estimate of drug-likeness (QED) is 0.651. The third kappa shape index (κ3) is 6.03. The third-order valence-electron chi connectivity index (χ3n) is 4.29. The Kier molecular flexibility index (Phi) is 6.49. The lowest BCUT2D eigenvalue weighted by Crippen LogP contribution is -2.57. The van der Waals surface area contributed by atoms with Gasteiger partial charge in [0.05, 0.1) is 24.7 Å². The second-order valence-electron chi connectivity index (χ2n) is 6.39. The highest BCUT2D eigenvalue weighted by Gasteiger charge is 2.31. The number of nitrogens with one attached hydrogen (secondary N) is 2. The first-order chi connectivity index (χ1) is 13.8. The van der Waals surface area contributed by atoms with E-state index in [-0.39, 0.29) is 24.8 Å².